The number of alkyl halides is 1. The summed E-state index contributed by atoms with van der Waals surface area (Å²) in [5.74, 6) is 1.16. The molecule has 0 aliphatic carbocycles. The Morgan fingerprint density at radius 2 is 2.25 bits per heavy atom. The lowest BCUT2D eigenvalue weighted by atomic mass is 10.4. The normalized spacial score (nSPS) is 18.0. The standard InChI is InChI=1S/C5H12INS/c1-3-8-5(6)4(2)7/h4-5H,3,7H2,1-2H3/t4-,5?/m0/s1. The molecule has 1 unspecified atom stereocenters. The van der Waals surface area contributed by atoms with Crippen LogP contribution < -0.4 is 5.73 Å². The van der Waals surface area contributed by atoms with Crippen molar-refractivity contribution in [3.05, 3.63) is 0 Å². The fourth-order valence-electron chi connectivity index (χ4n) is 0.311. The minimum absolute atomic E-state index is 0.320. The van der Waals surface area contributed by atoms with Crippen LogP contribution in [0.2, 0.25) is 0 Å². The van der Waals surface area contributed by atoms with Crippen molar-refractivity contribution < 1.29 is 0 Å². The van der Waals surface area contributed by atoms with Crippen molar-refractivity contribution in [1.29, 1.82) is 0 Å². The predicted molar refractivity (Wildman–Crippen MR) is 49.6 cm³/mol. The molecule has 0 radical (unpaired) electrons. The van der Waals surface area contributed by atoms with Gasteiger partial charge in [-0.05, 0) is 12.7 Å². The monoisotopic (exact) mass is 245 g/mol. The Balaban J connectivity index is 3.17. The summed E-state index contributed by atoms with van der Waals surface area (Å²) in [6, 6.07) is 0.320. The molecule has 3 heteroatoms. The van der Waals surface area contributed by atoms with Crippen molar-refractivity contribution in [1.82, 2.24) is 0 Å². The highest BCUT2D eigenvalue weighted by molar-refractivity contribution is 14.1. The zero-order chi connectivity index (χ0) is 6.57. The van der Waals surface area contributed by atoms with Gasteiger partial charge in [0.15, 0.2) is 0 Å². The fraction of sp³-hybridized carbons (Fsp3) is 1.00. The Labute approximate surface area is 68.9 Å². The van der Waals surface area contributed by atoms with E-state index in [-0.39, 0.29) is 0 Å². The summed E-state index contributed by atoms with van der Waals surface area (Å²) in [5.41, 5.74) is 5.59. The number of nitrogens with two attached hydrogens (primary N) is 1. The highest BCUT2D eigenvalue weighted by Crippen LogP contribution is 2.19. The second kappa shape index (κ2) is 4.88. The summed E-state index contributed by atoms with van der Waals surface area (Å²) in [7, 11) is 0. The quantitative estimate of drug-likeness (QED) is 0.606. The van der Waals surface area contributed by atoms with Crippen molar-refractivity contribution in [2.24, 2.45) is 5.73 Å². The Bertz CT molecular complexity index is 58.4. The van der Waals surface area contributed by atoms with Crippen LogP contribution in [0.3, 0.4) is 0 Å². The fourth-order valence-corrected chi connectivity index (χ4v) is 2.01. The van der Waals surface area contributed by atoms with Crippen LogP contribution in [0.25, 0.3) is 0 Å². The van der Waals surface area contributed by atoms with Crippen LogP contribution in [-0.4, -0.2) is 15.1 Å². The lowest BCUT2D eigenvalue weighted by molar-refractivity contribution is 0.832. The average Bonchev–Trinajstić information content (AvgIpc) is 1.67. The summed E-state index contributed by atoms with van der Waals surface area (Å²) in [4.78, 5) is 0. The number of rotatable bonds is 3. The molecular formula is C5H12INS. The third-order valence-corrected chi connectivity index (χ3v) is 4.03. The predicted octanol–water partition coefficient (Wildman–Crippen LogP) is 1.85. The van der Waals surface area contributed by atoms with Crippen LogP contribution >= 0.6 is 34.4 Å². The first-order valence-corrected chi connectivity index (χ1v) is 4.99. The van der Waals surface area contributed by atoms with E-state index in [1.807, 2.05) is 18.7 Å². The van der Waals surface area contributed by atoms with Crippen molar-refractivity contribution in [2.75, 3.05) is 5.75 Å². The molecule has 0 aromatic carbocycles. The molecule has 0 aliphatic heterocycles. The molecule has 0 saturated heterocycles. The Morgan fingerprint density at radius 3 is 2.38 bits per heavy atom. The number of halogens is 1. The summed E-state index contributed by atoms with van der Waals surface area (Å²) < 4.78 is 0.581. The smallest absolute Gasteiger partial charge is 0.0712 e. The van der Waals surface area contributed by atoms with E-state index in [9.17, 15) is 0 Å². The lowest BCUT2D eigenvalue weighted by Gasteiger charge is -2.10. The van der Waals surface area contributed by atoms with Crippen molar-refractivity contribution in [2.45, 2.75) is 23.1 Å². The topological polar surface area (TPSA) is 26.0 Å². The highest BCUT2D eigenvalue weighted by Gasteiger charge is 2.06. The van der Waals surface area contributed by atoms with Gasteiger partial charge in [0.25, 0.3) is 0 Å². The first kappa shape index (κ1) is 9.04. The molecule has 8 heavy (non-hydrogen) atoms. The van der Waals surface area contributed by atoms with Gasteiger partial charge in [0.2, 0.25) is 0 Å². The molecule has 0 heterocycles. The lowest BCUT2D eigenvalue weighted by Crippen LogP contribution is -2.23. The van der Waals surface area contributed by atoms with Gasteiger partial charge in [-0.25, -0.2) is 0 Å². The molecular weight excluding hydrogens is 233 g/mol. The summed E-state index contributed by atoms with van der Waals surface area (Å²) in [6.07, 6.45) is 0. The van der Waals surface area contributed by atoms with Gasteiger partial charge in [-0.3, -0.25) is 0 Å². The number of thioether (sulfide) groups is 1. The molecule has 0 spiro atoms. The molecule has 0 rings (SSSR count). The summed E-state index contributed by atoms with van der Waals surface area (Å²) in [5, 5.41) is 0. The van der Waals surface area contributed by atoms with E-state index in [2.05, 4.69) is 29.5 Å². The minimum Gasteiger partial charge on any atom is -0.326 e. The molecule has 2 N–H and O–H groups in total. The van der Waals surface area contributed by atoms with E-state index < -0.39 is 0 Å². The van der Waals surface area contributed by atoms with Gasteiger partial charge >= 0.3 is 0 Å². The molecule has 0 saturated carbocycles. The average molecular weight is 245 g/mol. The second-order valence-electron chi connectivity index (χ2n) is 1.67. The molecule has 0 fully saturated rings. The van der Waals surface area contributed by atoms with E-state index in [1.54, 1.807) is 0 Å². The molecule has 0 bridgehead atoms. The van der Waals surface area contributed by atoms with E-state index >= 15 is 0 Å². The minimum atomic E-state index is 0.320. The molecule has 1 nitrogen and oxygen atoms in total. The van der Waals surface area contributed by atoms with Gasteiger partial charge in [0.05, 0.1) is 3.26 Å². The van der Waals surface area contributed by atoms with Gasteiger partial charge in [0.1, 0.15) is 0 Å². The maximum absolute atomic E-state index is 5.59. The van der Waals surface area contributed by atoms with E-state index in [0.717, 1.165) is 5.75 Å². The second-order valence-corrected chi connectivity index (χ2v) is 5.27. The van der Waals surface area contributed by atoms with Crippen LogP contribution in [0.5, 0.6) is 0 Å². The molecule has 50 valence electrons. The summed E-state index contributed by atoms with van der Waals surface area (Å²) in [6.45, 7) is 4.19. The van der Waals surface area contributed by atoms with Crippen molar-refractivity contribution in [3.63, 3.8) is 0 Å². The van der Waals surface area contributed by atoms with Crippen LogP contribution in [0.15, 0.2) is 0 Å². The zero-order valence-corrected chi connectivity index (χ0v) is 8.20. The largest absolute Gasteiger partial charge is 0.326 e. The number of hydrogen-bond donors (Lipinski definition) is 1. The van der Waals surface area contributed by atoms with Crippen LogP contribution in [0.4, 0.5) is 0 Å². The van der Waals surface area contributed by atoms with Gasteiger partial charge in [-0.1, -0.05) is 29.5 Å². The van der Waals surface area contributed by atoms with E-state index in [0.29, 0.717) is 9.30 Å². The van der Waals surface area contributed by atoms with Crippen LogP contribution in [0.1, 0.15) is 13.8 Å². The van der Waals surface area contributed by atoms with Crippen LogP contribution in [0, 0.1) is 0 Å². The maximum Gasteiger partial charge on any atom is 0.0712 e. The Kier molecular flexibility index (Phi) is 5.51. The first-order valence-electron chi connectivity index (χ1n) is 2.69. The van der Waals surface area contributed by atoms with Gasteiger partial charge in [0, 0.05) is 6.04 Å². The third-order valence-electron chi connectivity index (χ3n) is 0.739. The molecule has 0 aromatic rings. The SMILES string of the molecule is CCSC(I)[C@H](C)N. The zero-order valence-electron chi connectivity index (χ0n) is 5.23. The van der Waals surface area contributed by atoms with E-state index in [1.165, 1.54) is 0 Å². The van der Waals surface area contributed by atoms with Crippen molar-refractivity contribution in [3.8, 4) is 0 Å². The first-order chi connectivity index (χ1) is 3.68. The Morgan fingerprint density at radius 1 is 1.75 bits per heavy atom. The third kappa shape index (κ3) is 3.97. The van der Waals surface area contributed by atoms with Crippen LogP contribution in [-0.2, 0) is 0 Å². The van der Waals surface area contributed by atoms with E-state index in [4.69, 9.17) is 5.73 Å². The maximum atomic E-state index is 5.59. The molecule has 0 amide bonds. The Hall–Kier alpha value is 1.04. The number of hydrogen-bond acceptors (Lipinski definition) is 2. The van der Waals surface area contributed by atoms with Gasteiger partial charge in [-0.15, -0.1) is 11.8 Å². The molecule has 0 aliphatic rings. The van der Waals surface area contributed by atoms with Gasteiger partial charge < -0.3 is 5.73 Å². The van der Waals surface area contributed by atoms with Gasteiger partial charge in [-0.2, -0.15) is 0 Å². The summed E-state index contributed by atoms with van der Waals surface area (Å²) >= 11 is 4.27. The molecule has 2 atom stereocenters. The molecule has 0 aromatic heterocycles. The highest BCUT2D eigenvalue weighted by atomic mass is 127. The van der Waals surface area contributed by atoms with Crippen molar-refractivity contribution >= 4 is 34.4 Å².